The number of fused-ring (bicyclic) bond motifs is 3. The number of rotatable bonds is 3. The van der Waals surface area contributed by atoms with Gasteiger partial charge in [-0.05, 0) is 37.3 Å². The fourth-order valence-corrected chi connectivity index (χ4v) is 4.39. The van der Waals surface area contributed by atoms with Gasteiger partial charge in [-0.15, -0.1) is 6.58 Å². The van der Waals surface area contributed by atoms with Crippen molar-refractivity contribution in [1.82, 2.24) is 0 Å². The van der Waals surface area contributed by atoms with Gasteiger partial charge in [0.1, 0.15) is 0 Å². The minimum Gasteiger partial charge on any atom is -0.350 e. The lowest BCUT2D eigenvalue weighted by Crippen LogP contribution is -2.63. The summed E-state index contributed by atoms with van der Waals surface area (Å²) in [5, 5.41) is 3.44. The molecular formula is C25H21N3O2. The first-order chi connectivity index (χ1) is 14.6. The molecule has 5 rings (SSSR count). The fraction of sp³-hybridized carbons (Fsp3) is 0.120. The second kappa shape index (κ2) is 6.59. The van der Waals surface area contributed by atoms with Crippen LogP contribution in [0.1, 0.15) is 21.5 Å². The summed E-state index contributed by atoms with van der Waals surface area (Å²) in [4.78, 5) is 31.0. The van der Waals surface area contributed by atoms with Crippen LogP contribution in [0.15, 0.2) is 85.5 Å². The van der Waals surface area contributed by atoms with Crippen LogP contribution in [0.25, 0.3) is 0 Å². The molecular weight excluding hydrogens is 374 g/mol. The summed E-state index contributed by atoms with van der Waals surface area (Å²) in [7, 11) is 0. The van der Waals surface area contributed by atoms with Crippen molar-refractivity contribution in [2.75, 3.05) is 21.7 Å². The number of anilines is 3. The average Bonchev–Trinajstić information content (AvgIpc) is 2.99. The van der Waals surface area contributed by atoms with E-state index < -0.39 is 5.66 Å². The summed E-state index contributed by atoms with van der Waals surface area (Å²) in [6.07, 6.45) is 1.70. The quantitative estimate of drug-likeness (QED) is 0.667. The van der Waals surface area contributed by atoms with Gasteiger partial charge < -0.3 is 10.2 Å². The first-order valence-corrected chi connectivity index (χ1v) is 9.89. The van der Waals surface area contributed by atoms with Crippen molar-refractivity contribution >= 4 is 28.9 Å². The highest BCUT2D eigenvalue weighted by molar-refractivity contribution is 6.22. The Morgan fingerprint density at radius 1 is 0.967 bits per heavy atom. The Labute approximate surface area is 175 Å². The van der Waals surface area contributed by atoms with Crippen molar-refractivity contribution < 1.29 is 9.59 Å². The van der Waals surface area contributed by atoms with E-state index in [1.807, 2.05) is 73.7 Å². The molecule has 1 atom stereocenters. The fourth-order valence-electron chi connectivity index (χ4n) is 4.39. The van der Waals surface area contributed by atoms with Crippen molar-refractivity contribution in [2.24, 2.45) is 0 Å². The maximum atomic E-state index is 14.0. The number of amides is 2. The van der Waals surface area contributed by atoms with Gasteiger partial charge in [-0.25, -0.2) is 0 Å². The van der Waals surface area contributed by atoms with Crippen LogP contribution >= 0.6 is 0 Å². The van der Waals surface area contributed by atoms with Crippen molar-refractivity contribution in [3.63, 3.8) is 0 Å². The summed E-state index contributed by atoms with van der Waals surface area (Å²) in [6.45, 7) is 6.16. The Hall–Kier alpha value is -3.86. The van der Waals surface area contributed by atoms with Gasteiger partial charge in [0.2, 0.25) is 5.66 Å². The van der Waals surface area contributed by atoms with Gasteiger partial charge in [-0.3, -0.25) is 14.5 Å². The molecule has 30 heavy (non-hydrogen) atoms. The van der Waals surface area contributed by atoms with Gasteiger partial charge >= 0.3 is 0 Å². The van der Waals surface area contributed by atoms with Gasteiger partial charge in [0.15, 0.2) is 0 Å². The molecule has 2 amide bonds. The molecule has 2 aliphatic heterocycles. The lowest BCUT2D eigenvalue weighted by atomic mass is 9.92. The first kappa shape index (κ1) is 18.2. The van der Waals surface area contributed by atoms with Crippen molar-refractivity contribution in [3.05, 3.63) is 102 Å². The van der Waals surface area contributed by atoms with Crippen molar-refractivity contribution in [1.29, 1.82) is 0 Å². The smallest absolute Gasteiger partial charge is 0.279 e. The van der Waals surface area contributed by atoms with E-state index in [9.17, 15) is 9.59 Å². The number of nitrogens with one attached hydrogen (secondary N) is 1. The highest BCUT2D eigenvalue weighted by atomic mass is 16.2. The van der Waals surface area contributed by atoms with Crippen LogP contribution in [0, 0.1) is 6.92 Å². The van der Waals surface area contributed by atoms with E-state index in [-0.39, 0.29) is 11.8 Å². The Morgan fingerprint density at radius 3 is 2.43 bits per heavy atom. The molecule has 0 bridgehead atoms. The molecule has 3 aromatic rings. The van der Waals surface area contributed by atoms with Gasteiger partial charge in [-0.2, -0.15) is 0 Å². The Bertz CT molecular complexity index is 1190. The third kappa shape index (κ3) is 2.35. The molecule has 0 saturated carbocycles. The summed E-state index contributed by atoms with van der Waals surface area (Å²) in [6, 6.07) is 22.6. The molecule has 148 valence electrons. The average molecular weight is 395 g/mol. The molecule has 0 radical (unpaired) electrons. The second-order valence-corrected chi connectivity index (χ2v) is 7.58. The number of nitrogens with zero attached hydrogens (tertiary/aromatic N) is 2. The van der Waals surface area contributed by atoms with E-state index in [1.165, 1.54) is 0 Å². The summed E-state index contributed by atoms with van der Waals surface area (Å²) >= 11 is 0. The molecule has 1 spiro atoms. The minimum atomic E-state index is -1.36. The van der Waals surface area contributed by atoms with Crippen molar-refractivity contribution in [3.8, 4) is 0 Å². The predicted octanol–water partition coefficient (Wildman–Crippen LogP) is 4.45. The molecule has 5 nitrogen and oxygen atoms in total. The summed E-state index contributed by atoms with van der Waals surface area (Å²) in [5.41, 5.74) is 3.10. The van der Waals surface area contributed by atoms with Crippen LogP contribution < -0.4 is 15.1 Å². The number of aryl methyl sites for hydroxylation is 1. The molecule has 0 aromatic heterocycles. The lowest BCUT2D eigenvalue weighted by molar-refractivity contribution is -0.122. The number of carbonyl (C=O) groups is 2. The second-order valence-electron chi connectivity index (χ2n) is 7.58. The molecule has 0 fully saturated rings. The van der Waals surface area contributed by atoms with Crippen LogP contribution in [0.4, 0.5) is 17.1 Å². The van der Waals surface area contributed by atoms with Crippen LogP contribution in [0.3, 0.4) is 0 Å². The number of para-hydroxylation sites is 2. The van der Waals surface area contributed by atoms with Gasteiger partial charge in [-0.1, -0.05) is 54.1 Å². The molecule has 0 saturated heterocycles. The third-order valence-electron chi connectivity index (χ3n) is 5.75. The van der Waals surface area contributed by atoms with E-state index in [0.717, 1.165) is 16.8 Å². The molecule has 0 unspecified atom stereocenters. The zero-order valence-corrected chi connectivity index (χ0v) is 16.6. The Morgan fingerprint density at radius 2 is 1.67 bits per heavy atom. The summed E-state index contributed by atoms with van der Waals surface area (Å²) in [5.74, 6) is -0.413. The number of hydrogen-bond donors (Lipinski definition) is 1. The summed E-state index contributed by atoms with van der Waals surface area (Å²) < 4.78 is 0. The Balaban J connectivity index is 1.82. The monoisotopic (exact) mass is 395 g/mol. The highest BCUT2D eigenvalue weighted by Gasteiger charge is 2.59. The molecule has 5 heteroatoms. The van der Waals surface area contributed by atoms with Crippen LogP contribution in [0.2, 0.25) is 0 Å². The zero-order valence-electron chi connectivity index (χ0n) is 16.6. The van der Waals surface area contributed by atoms with Crippen LogP contribution in [-0.2, 0) is 10.5 Å². The normalized spacial score (nSPS) is 19.5. The van der Waals surface area contributed by atoms with Gasteiger partial charge in [0.05, 0.1) is 11.3 Å². The van der Waals surface area contributed by atoms with Gasteiger partial charge in [0, 0.05) is 23.5 Å². The molecule has 3 aromatic carbocycles. The predicted molar refractivity (Wildman–Crippen MR) is 119 cm³/mol. The minimum absolute atomic E-state index is 0.202. The van der Waals surface area contributed by atoms with E-state index >= 15 is 0 Å². The third-order valence-corrected chi connectivity index (χ3v) is 5.75. The van der Waals surface area contributed by atoms with E-state index in [4.69, 9.17) is 0 Å². The van der Waals surface area contributed by atoms with Gasteiger partial charge in [0.25, 0.3) is 11.8 Å². The maximum Gasteiger partial charge on any atom is 0.279 e. The zero-order chi connectivity index (χ0) is 20.9. The molecule has 1 N–H and O–H groups in total. The Kier molecular flexibility index (Phi) is 4.00. The highest BCUT2D eigenvalue weighted by Crippen LogP contribution is 2.49. The molecule has 2 aliphatic rings. The number of hydrogen-bond acceptors (Lipinski definition) is 3. The maximum absolute atomic E-state index is 14.0. The lowest BCUT2D eigenvalue weighted by Gasteiger charge is -2.45. The van der Waals surface area contributed by atoms with E-state index in [0.29, 0.717) is 23.5 Å². The molecule has 2 heterocycles. The first-order valence-electron chi connectivity index (χ1n) is 9.89. The SMILES string of the molecule is C=CCN1C(=O)[C@@]2(Nc3ccccc3C(=O)N2c2ccc(C)cc2)c2ccccc21. The largest absolute Gasteiger partial charge is 0.350 e. The van der Waals surface area contributed by atoms with E-state index in [1.54, 1.807) is 21.9 Å². The standard InChI is InChI=1S/C25H21N3O2/c1-3-16-27-22-11-7-5-9-20(22)25(24(27)30)26-21-10-6-4-8-19(21)23(29)28(25)18-14-12-17(2)13-15-18/h3-15,26H,1,16H2,2H3/t25-/m1/s1. The number of carbonyl (C=O) groups excluding carboxylic acids is 2. The van der Waals surface area contributed by atoms with Crippen LogP contribution in [0.5, 0.6) is 0 Å². The molecule has 0 aliphatic carbocycles. The van der Waals surface area contributed by atoms with Crippen LogP contribution in [-0.4, -0.2) is 18.4 Å². The van der Waals surface area contributed by atoms with Crippen molar-refractivity contribution in [2.45, 2.75) is 12.6 Å². The number of benzene rings is 3. The topological polar surface area (TPSA) is 52.7 Å². The van der Waals surface area contributed by atoms with E-state index in [2.05, 4.69) is 11.9 Å².